The molecule has 1 aliphatic heterocycles. The van der Waals surface area contributed by atoms with E-state index in [4.69, 9.17) is 20.2 Å². The van der Waals surface area contributed by atoms with Crippen LogP contribution < -0.4 is 10.5 Å². The molecule has 160 valence electrons. The Morgan fingerprint density at radius 3 is 2.74 bits per heavy atom. The molecular weight excluding hydrogens is 390 g/mol. The number of benzene rings is 1. The van der Waals surface area contributed by atoms with E-state index in [1.54, 1.807) is 19.6 Å². The second kappa shape index (κ2) is 8.31. The van der Waals surface area contributed by atoms with Gasteiger partial charge in [0, 0.05) is 47.3 Å². The minimum absolute atomic E-state index is 0.134. The van der Waals surface area contributed by atoms with Crippen LogP contribution in [0.3, 0.4) is 0 Å². The number of nitriles is 1. The van der Waals surface area contributed by atoms with Crippen molar-refractivity contribution < 1.29 is 9.47 Å². The summed E-state index contributed by atoms with van der Waals surface area (Å²) < 4.78 is 13.5. The van der Waals surface area contributed by atoms with Crippen LogP contribution in [0, 0.1) is 17.2 Å². The molecule has 1 aromatic carbocycles. The third-order valence-electron chi connectivity index (χ3n) is 5.57. The summed E-state index contributed by atoms with van der Waals surface area (Å²) >= 11 is 0. The lowest BCUT2D eigenvalue weighted by Crippen LogP contribution is -2.26. The van der Waals surface area contributed by atoms with Gasteiger partial charge in [-0.25, -0.2) is 4.98 Å². The normalized spacial score (nSPS) is 19.5. The van der Waals surface area contributed by atoms with Gasteiger partial charge in [-0.1, -0.05) is 6.07 Å². The maximum Gasteiger partial charge on any atom is 0.205 e. The number of aliphatic imine (C=N–C) groups is 1. The second-order valence-electron chi connectivity index (χ2n) is 8.17. The van der Waals surface area contributed by atoms with E-state index in [2.05, 4.69) is 24.9 Å². The van der Waals surface area contributed by atoms with Crippen LogP contribution in [-0.4, -0.2) is 28.4 Å². The number of hydrogen-bond donors (Lipinski definition) is 1. The summed E-state index contributed by atoms with van der Waals surface area (Å²) in [6.45, 7) is 6.02. The van der Waals surface area contributed by atoms with Gasteiger partial charge < -0.3 is 19.8 Å². The Morgan fingerprint density at radius 1 is 1.39 bits per heavy atom. The molecule has 2 aromatic rings. The van der Waals surface area contributed by atoms with Crippen molar-refractivity contribution >= 4 is 5.71 Å². The van der Waals surface area contributed by atoms with Gasteiger partial charge in [-0.15, -0.1) is 0 Å². The van der Waals surface area contributed by atoms with Crippen molar-refractivity contribution in [2.75, 3.05) is 7.11 Å². The summed E-state index contributed by atoms with van der Waals surface area (Å²) in [7, 11) is 1.63. The fourth-order valence-corrected chi connectivity index (χ4v) is 4.06. The summed E-state index contributed by atoms with van der Waals surface area (Å²) in [5.41, 5.74) is 10.3. The molecule has 2 heterocycles. The molecule has 7 heteroatoms. The zero-order valence-electron chi connectivity index (χ0n) is 18.3. The molecule has 1 atom stereocenters. The quantitative estimate of drug-likeness (QED) is 0.710. The SMILES string of the molecule is COc1cc(-n2ccnc2)ccc1C1C(C#N)=C(N)OC(C)=C1C(=NC(C)C)C1CC1. The highest BCUT2D eigenvalue weighted by Gasteiger charge is 2.40. The van der Waals surface area contributed by atoms with Crippen LogP contribution in [0.2, 0.25) is 0 Å². The van der Waals surface area contributed by atoms with Gasteiger partial charge in [0.15, 0.2) is 0 Å². The van der Waals surface area contributed by atoms with Crippen LogP contribution in [0.25, 0.3) is 5.69 Å². The van der Waals surface area contributed by atoms with Gasteiger partial charge in [-0.3, -0.25) is 4.99 Å². The number of hydrogen-bond acceptors (Lipinski definition) is 6. The molecule has 0 saturated heterocycles. The number of nitrogens with two attached hydrogens (primary N) is 1. The number of methoxy groups -OCH3 is 1. The standard InChI is InChI=1S/C24H27N5O2/c1-14(2)28-23(16-5-6-16)21-15(3)31-24(26)19(12-25)22(21)18-8-7-17(11-20(18)30-4)29-10-9-27-13-29/h7-11,13-14,16,22H,5-6,26H2,1-4H3. The average Bonchev–Trinajstić information content (AvgIpc) is 3.44. The highest BCUT2D eigenvalue weighted by atomic mass is 16.5. The third-order valence-corrected chi connectivity index (χ3v) is 5.57. The lowest BCUT2D eigenvalue weighted by Gasteiger charge is -2.30. The van der Waals surface area contributed by atoms with E-state index >= 15 is 0 Å². The molecule has 1 saturated carbocycles. The highest BCUT2D eigenvalue weighted by molar-refractivity contribution is 6.06. The lowest BCUT2D eigenvalue weighted by atomic mass is 9.79. The molecule has 1 aliphatic carbocycles. The van der Waals surface area contributed by atoms with Crippen molar-refractivity contribution in [3.05, 3.63) is 65.3 Å². The zero-order valence-corrected chi connectivity index (χ0v) is 18.3. The topological polar surface area (TPSA) is 98.5 Å². The van der Waals surface area contributed by atoms with E-state index in [1.807, 2.05) is 35.9 Å². The van der Waals surface area contributed by atoms with Gasteiger partial charge in [0.05, 0.1) is 25.0 Å². The summed E-state index contributed by atoms with van der Waals surface area (Å²) in [5, 5.41) is 10.0. The largest absolute Gasteiger partial charge is 0.496 e. The minimum atomic E-state index is -0.399. The number of allylic oxidation sites excluding steroid dienone is 3. The number of imidazole rings is 1. The van der Waals surface area contributed by atoms with Crippen LogP contribution in [0.15, 0.2) is 64.7 Å². The fraction of sp³-hybridized carbons (Fsp3) is 0.375. The predicted molar refractivity (Wildman–Crippen MR) is 119 cm³/mol. The van der Waals surface area contributed by atoms with Crippen molar-refractivity contribution in [3.63, 3.8) is 0 Å². The van der Waals surface area contributed by atoms with Crippen LogP contribution >= 0.6 is 0 Å². The first-order valence-corrected chi connectivity index (χ1v) is 10.5. The van der Waals surface area contributed by atoms with Crippen molar-refractivity contribution in [2.24, 2.45) is 16.6 Å². The molecular formula is C24H27N5O2. The van der Waals surface area contributed by atoms with Gasteiger partial charge in [0.25, 0.3) is 0 Å². The molecule has 0 bridgehead atoms. The van der Waals surface area contributed by atoms with E-state index < -0.39 is 5.92 Å². The first kappa shape index (κ1) is 20.7. The molecule has 1 unspecified atom stereocenters. The molecule has 4 rings (SSSR count). The monoisotopic (exact) mass is 417 g/mol. The third kappa shape index (κ3) is 3.93. The first-order valence-electron chi connectivity index (χ1n) is 10.5. The van der Waals surface area contributed by atoms with Crippen molar-refractivity contribution in [1.29, 1.82) is 5.26 Å². The molecule has 0 spiro atoms. The van der Waals surface area contributed by atoms with Crippen molar-refractivity contribution in [2.45, 2.75) is 45.6 Å². The summed E-state index contributed by atoms with van der Waals surface area (Å²) in [6, 6.07) is 8.34. The van der Waals surface area contributed by atoms with Crippen molar-refractivity contribution in [1.82, 2.24) is 9.55 Å². The Hall–Kier alpha value is -3.53. The van der Waals surface area contributed by atoms with Gasteiger partial charge in [-0.05, 0) is 39.7 Å². The van der Waals surface area contributed by atoms with Gasteiger partial charge in [0.2, 0.25) is 5.88 Å². The summed E-state index contributed by atoms with van der Waals surface area (Å²) in [6.07, 6.45) is 7.51. The predicted octanol–water partition coefficient (Wildman–Crippen LogP) is 4.22. The average molecular weight is 418 g/mol. The van der Waals surface area contributed by atoms with Crippen molar-refractivity contribution in [3.8, 4) is 17.5 Å². The molecule has 0 amide bonds. The van der Waals surface area contributed by atoms with Crippen LogP contribution in [0.1, 0.15) is 45.1 Å². The van der Waals surface area contributed by atoms with E-state index in [0.717, 1.165) is 35.4 Å². The highest BCUT2D eigenvalue weighted by Crippen LogP contribution is 2.47. The molecule has 7 nitrogen and oxygen atoms in total. The number of ether oxygens (including phenoxy) is 2. The van der Waals surface area contributed by atoms with E-state index in [9.17, 15) is 5.26 Å². The van der Waals surface area contributed by atoms with Crippen LogP contribution in [-0.2, 0) is 4.74 Å². The smallest absolute Gasteiger partial charge is 0.205 e. The Labute approximate surface area is 182 Å². The van der Waals surface area contributed by atoms with Gasteiger partial charge >= 0.3 is 0 Å². The lowest BCUT2D eigenvalue weighted by molar-refractivity contribution is 0.283. The van der Waals surface area contributed by atoms with Crippen LogP contribution in [0.5, 0.6) is 5.75 Å². The summed E-state index contributed by atoms with van der Waals surface area (Å²) in [5.74, 6) is 1.48. The first-order chi connectivity index (χ1) is 14.9. The van der Waals surface area contributed by atoms with E-state index in [1.165, 1.54) is 0 Å². The van der Waals surface area contributed by atoms with E-state index in [-0.39, 0.29) is 11.9 Å². The molecule has 1 aromatic heterocycles. The molecule has 2 N–H and O–H groups in total. The molecule has 31 heavy (non-hydrogen) atoms. The minimum Gasteiger partial charge on any atom is -0.496 e. The van der Waals surface area contributed by atoms with Gasteiger partial charge in [0.1, 0.15) is 23.2 Å². The second-order valence-corrected chi connectivity index (χ2v) is 8.17. The van der Waals surface area contributed by atoms with Gasteiger partial charge in [-0.2, -0.15) is 5.26 Å². The van der Waals surface area contributed by atoms with Crippen LogP contribution in [0.4, 0.5) is 0 Å². The molecule has 1 fully saturated rings. The summed E-state index contributed by atoms with van der Waals surface area (Å²) in [4.78, 5) is 9.07. The Bertz CT molecular complexity index is 1120. The zero-order chi connectivity index (χ0) is 22.1. The molecule has 0 radical (unpaired) electrons. The molecule has 2 aliphatic rings. The Kier molecular flexibility index (Phi) is 5.55. The maximum absolute atomic E-state index is 10.0. The maximum atomic E-state index is 10.0. The Balaban J connectivity index is 1.90. The van der Waals surface area contributed by atoms with E-state index in [0.29, 0.717) is 23.0 Å². The number of rotatable bonds is 6. The fourth-order valence-electron chi connectivity index (χ4n) is 4.06. The number of aromatic nitrogens is 2. The Morgan fingerprint density at radius 2 is 2.16 bits per heavy atom. The number of nitrogens with zero attached hydrogens (tertiary/aromatic N) is 4.